The van der Waals surface area contributed by atoms with Gasteiger partial charge in [-0.15, -0.1) is 0 Å². The zero-order chi connectivity index (χ0) is 27.0. The van der Waals surface area contributed by atoms with E-state index in [1.54, 1.807) is 6.07 Å². The van der Waals surface area contributed by atoms with E-state index in [9.17, 15) is 14.7 Å². The molecule has 1 N–H and O–H groups in total. The minimum absolute atomic E-state index is 0.0472. The van der Waals surface area contributed by atoms with Gasteiger partial charge in [-0.2, -0.15) is 0 Å². The lowest BCUT2D eigenvalue weighted by atomic mass is 9.67. The van der Waals surface area contributed by atoms with Crippen LogP contribution in [0.2, 0.25) is 0 Å². The topological polar surface area (TPSA) is 66.8 Å². The second kappa shape index (κ2) is 11.2. The molecule has 2 aromatic carbocycles. The van der Waals surface area contributed by atoms with Gasteiger partial charge in [0.2, 0.25) is 11.8 Å². The third kappa shape index (κ3) is 5.01. The average Bonchev–Trinajstić information content (AvgIpc) is 3.43. The molecule has 2 amide bonds. The standard InChI is InChI=1S/C32H36BrNO4/c1-4-8-20(15-21-16-22(33)12-13-27(21)35)11-14-28-29-24(19(2)3)17-25-30(26(29)18-38-28)32(37)34(31(25)36)23-9-6-5-7-10-23/h5-7,9-10,12-13,15-16,19,25-26,28,30,35H,4,8,11,14,17-18H2,1-3H3/b20-15+/t25-,26+,28-,30-/m1/s1. The Bertz CT molecular complexity index is 1280. The quantitative estimate of drug-likeness (QED) is 0.264. The van der Waals surface area contributed by atoms with Gasteiger partial charge >= 0.3 is 0 Å². The molecule has 5 nitrogen and oxygen atoms in total. The summed E-state index contributed by atoms with van der Waals surface area (Å²) in [4.78, 5) is 28.6. The van der Waals surface area contributed by atoms with E-state index in [4.69, 9.17) is 4.74 Å². The van der Waals surface area contributed by atoms with Crippen LogP contribution in [0.5, 0.6) is 5.75 Å². The van der Waals surface area contributed by atoms with Gasteiger partial charge in [-0.1, -0.05) is 78.5 Å². The zero-order valence-corrected chi connectivity index (χ0v) is 23.9. The van der Waals surface area contributed by atoms with Crippen molar-refractivity contribution in [1.82, 2.24) is 0 Å². The van der Waals surface area contributed by atoms with Crippen molar-refractivity contribution in [3.8, 4) is 5.75 Å². The molecule has 2 heterocycles. The lowest BCUT2D eigenvalue weighted by molar-refractivity contribution is -0.122. The highest BCUT2D eigenvalue weighted by Crippen LogP contribution is 2.52. The van der Waals surface area contributed by atoms with Crippen LogP contribution in [0.1, 0.15) is 58.4 Å². The summed E-state index contributed by atoms with van der Waals surface area (Å²) in [5.41, 5.74) is 5.30. The van der Waals surface area contributed by atoms with Crippen LogP contribution in [-0.4, -0.2) is 29.6 Å². The number of para-hydroxylation sites is 1. The number of imide groups is 1. The van der Waals surface area contributed by atoms with E-state index in [0.717, 1.165) is 35.7 Å². The van der Waals surface area contributed by atoms with Gasteiger partial charge in [0.25, 0.3) is 0 Å². The predicted molar refractivity (Wildman–Crippen MR) is 154 cm³/mol. The van der Waals surface area contributed by atoms with Crippen LogP contribution in [0, 0.1) is 23.7 Å². The number of carbonyl (C=O) groups is 2. The van der Waals surface area contributed by atoms with Gasteiger partial charge in [-0.05, 0) is 67.5 Å². The van der Waals surface area contributed by atoms with Gasteiger partial charge in [0.15, 0.2) is 0 Å². The Balaban J connectivity index is 1.40. The van der Waals surface area contributed by atoms with Gasteiger partial charge in [0.1, 0.15) is 5.75 Å². The van der Waals surface area contributed by atoms with Crippen LogP contribution in [0.3, 0.4) is 0 Å². The average molecular weight is 579 g/mol. The number of hydrogen-bond acceptors (Lipinski definition) is 4. The summed E-state index contributed by atoms with van der Waals surface area (Å²) in [6, 6.07) is 14.8. The van der Waals surface area contributed by atoms with Crippen molar-refractivity contribution in [2.24, 2.45) is 23.7 Å². The molecule has 0 aromatic heterocycles. The molecule has 0 spiro atoms. The first kappa shape index (κ1) is 26.9. The monoisotopic (exact) mass is 577 g/mol. The number of nitrogens with zero attached hydrogens (tertiary/aromatic N) is 1. The highest BCUT2D eigenvalue weighted by molar-refractivity contribution is 9.10. The zero-order valence-electron chi connectivity index (χ0n) is 22.3. The van der Waals surface area contributed by atoms with Gasteiger partial charge in [-0.3, -0.25) is 14.5 Å². The molecule has 0 saturated carbocycles. The van der Waals surface area contributed by atoms with Crippen molar-refractivity contribution in [3.63, 3.8) is 0 Å². The Hall–Kier alpha value is -2.70. The second-order valence-corrected chi connectivity index (χ2v) is 12.0. The molecule has 5 rings (SSSR count). The molecular formula is C32H36BrNO4. The summed E-state index contributed by atoms with van der Waals surface area (Å²) in [6.45, 7) is 7.02. The number of aromatic hydroxyl groups is 1. The smallest absolute Gasteiger partial charge is 0.238 e. The van der Waals surface area contributed by atoms with E-state index >= 15 is 0 Å². The molecule has 38 heavy (non-hydrogen) atoms. The molecule has 0 radical (unpaired) electrons. The van der Waals surface area contributed by atoms with E-state index in [-0.39, 0.29) is 47.3 Å². The van der Waals surface area contributed by atoms with Crippen molar-refractivity contribution in [3.05, 3.63) is 75.3 Å². The number of carbonyl (C=O) groups excluding carboxylic acids is 2. The summed E-state index contributed by atoms with van der Waals surface area (Å²) in [7, 11) is 0. The largest absolute Gasteiger partial charge is 0.507 e. The third-order valence-corrected chi connectivity index (χ3v) is 8.80. The maximum Gasteiger partial charge on any atom is 0.238 e. The Morgan fingerprint density at radius 2 is 1.87 bits per heavy atom. The number of ether oxygens (including phenoxy) is 1. The van der Waals surface area contributed by atoms with Gasteiger partial charge in [-0.25, -0.2) is 0 Å². The van der Waals surface area contributed by atoms with Crippen molar-refractivity contribution in [2.45, 2.75) is 59.0 Å². The summed E-state index contributed by atoms with van der Waals surface area (Å²) in [6.07, 6.45) is 6.32. The predicted octanol–water partition coefficient (Wildman–Crippen LogP) is 7.30. The van der Waals surface area contributed by atoms with E-state index in [1.807, 2.05) is 42.5 Å². The number of benzene rings is 2. The maximum absolute atomic E-state index is 13.7. The number of allylic oxidation sites excluding steroid dienone is 2. The number of halogens is 1. The number of amides is 2. The Kier molecular flexibility index (Phi) is 7.92. The number of rotatable bonds is 8. The summed E-state index contributed by atoms with van der Waals surface area (Å²) >= 11 is 3.51. The molecule has 2 saturated heterocycles. The fraction of sp³-hybridized carbons (Fsp3) is 0.438. The molecule has 1 aliphatic carbocycles. The first-order valence-electron chi connectivity index (χ1n) is 13.7. The number of hydrogen-bond donors (Lipinski definition) is 1. The molecule has 2 aliphatic heterocycles. The SMILES string of the molecule is CCC/C(=C\c1cc(Br)ccc1O)CC[C@H]1OC[C@H]2C1=C(C(C)C)C[C@H]1C(=O)N(c3ccccc3)C(=O)[C@H]12. The molecule has 0 unspecified atom stereocenters. The first-order chi connectivity index (χ1) is 18.3. The Morgan fingerprint density at radius 3 is 2.58 bits per heavy atom. The summed E-state index contributed by atoms with van der Waals surface area (Å²) in [5.74, 6) is -0.314. The van der Waals surface area contributed by atoms with E-state index in [1.165, 1.54) is 21.6 Å². The van der Waals surface area contributed by atoms with Crippen molar-refractivity contribution in [1.29, 1.82) is 0 Å². The van der Waals surface area contributed by atoms with Crippen LogP contribution in [0.4, 0.5) is 5.69 Å². The minimum atomic E-state index is -0.352. The molecule has 0 bridgehead atoms. The first-order valence-corrected chi connectivity index (χ1v) is 14.5. The van der Waals surface area contributed by atoms with Crippen molar-refractivity contribution >= 4 is 39.5 Å². The molecule has 2 fully saturated rings. The van der Waals surface area contributed by atoms with Gasteiger partial charge in [0.05, 0.1) is 30.2 Å². The van der Waals surface area contributed by atoms with E-state index in [2.05, 4.69) is 42.8 Å². The number of anilines is 1. The molecule has 200 valence electrons. The highest BCUT2D eigenvalue weighted by atomic mass is 79.9. The second-order valence-electron chi connectivity index (χ2n) is 11.0. The van der Waals surface area contributed by atoms with E-state index < -0.39 is 0 Å². The number of phenols is 1. The van der Waals surface area contributed by atoms with Crippen LogP contribution < -0.4 is 4.90 Å². The third-order valence-electron chi connectivity index (χ3n) is 8.30. The highest BCUT2D eigenvalue weighted by Gasteiger charge is 2.57. The Morgan fingerprint density at radius 1 is 1.11 bits per heavy atom. The minimum Gasteiger partial charge on any atom is -0.507 e. The van der Waals surface area contributed by atoms with Crippen LogP contribution in [-0.2, 0) is 14.3 Å². The molecule has 4 atom stereocenters. The number of fused-ring (bicyclic) bond motifs is 3. The Labute approximate surface area is 233 Å². The fourth-order valence-corrected chi connectivity index (χ4v) is 6.94. The van der Waals surface area contributed by atoms with Crippen molar-refractivity contribution < 1.29 is 19.4 Å². The van der Waals surface area contributed by atoms with Crippen LogP contribution in [0.15, 0.2) is 69.7 Å². The normalized spacial score (nSPS) is 25.4. The van der Waals surface area contributed by atoms with Crippen LogP contribution >= 0.6 is 15.9 Å². The molecular weight excluding hydrogens is 542 g/mol. The lowest BCUT2D eigenvalue weighted by Crippen LogP contribution is -2.35. The van der Waals surface area contributed by atoms with Crippen molar-refractivity contribution in [2.75, 3.05) is 11.5 Å². The summed E-state index contributed by atoms with van der Waals surface area (Å²) in [5, 5.41) is 10.4. The van der Waals surface area contributed by atoms with Crippen LogP contribution in [0.25, 0.3) is 6.08 Å². The maximum atomic E-state index is 13.7. The lowest BCUT2D eigenvalue weighted by Gasteiger charge is -2.33. The summed E-state index contributed by atoms with van der Waals surface area (Å²) < 4.78 is 7.34. The van der Waals surface area contributed by atoms with E-state index in [0.29, 0.717) is 18.7 Å². The fourth-order valence-electron chi connectivity index (χ4n) is 6.56. The molecule has 6 heteroatoms. The molecule has 3 aliphatic rings. The van der Waals surface area contributed by atoms with Gasteiger partial charge in [0, 0.05) is 16.0 Å². The van der Waals surface area contributed by atoms with Gasteiger partial charge < -0.3 is 9.84 Å². The number of phenolic OH excluding ortho intramolecular Hbond substituents is 1. The molecule has 2 aromatic rings.